The smallest absolute Gasteiger partial charge is 0.146 e. The van der Waals surface area contributed by atoms with Crippen molar-refractivity contribution in [3.05, 3.63) is 24.0 Å². The third kappa shape index (κ3) is 3.49. The van der Waals surface area contributed by atoms with E-state index >= 15 is 0 Å². The molecule has 0 saturated heterocycles. The maximum Gasteiger partial charge on any atom is 0.146 e. The van der Waals surface area contributed by atoms with E-state index in [2.05, 4.69) is 24.5 Å². The van der Waals surface area contributed by atoms with E-state index in [0.29, 0.717) is 6.04 Å². The highest BCUT2D eigenvalue weighted by Crippen LogP contribution is 2.33. The van der Waals surface area contributed by atoms with Crippen LogP contribution in [0.3, 0.4) is 0 Å². The van der Waals surface area contributed by atoms with Gasteiger partial charge in [-0.15, -0.1) is 11.6 Å². The largest absolute Gasteiger partial charge is 0.494 e. The second-order valence-electron chi connectivity index (χ2n) is 5.12. The zero-order valence-electron chi connectivity index (χ0n) is 13.1. The van der Waals surface area contributed by atoms with Gasteiger partial charge in [0.05, 0.1) is 18.0 Å². The van der Waals surface area contributed by atoms with E-state index in [9.17, 15) is 0 Å². The number of benzene rings is 1. The minimum Gasteiger partial charge on any atom is -0.494 e. The van der Waals surface area contributed by atoms with Crippen LogP contribution in [0.5, 0.6) is 5.75 Å². The first-order valence-electron chi connectivity index (χ1n) is 7.36. The van der Waals surface area contributed by atoms with Gasteiger partial charge in [-0.2, -0.15) is 11.8 Å². The molecule has 0 aliphatic rings. The number of halogens is 1. The molecule has 2 unspecified atom stereocenters. The highest BCUT2D eigenvalue weighted by Gasteiger charge is 2.20. The molecule has 2 rings (SSSR count). The number of nitrogens with zero attached hydrogens (tertiary/aromatic N) is 2. The molecular formula is C16H23ClN2OS. The Morgan fingerprint density at radius 2 is 2.14 bits per heavy atom. The first-order valence-corrected chi connectivity index (χ1v) is 8.95. The number of hydrogen-bond donors (Lipinski definition) is 0. The summed E-state index contributed by atoms with van der Waals surface area (Å²) in [5, 5.41) is -0.122. The van der Waals surface area contributed by atoms with Crippen molar-refractivity contribution in [3.63, 3.8) is 0 Å². The van der Waals surface area contributed by atoms with Crippen LogP contribution in [0.4, 0.5) is 0 Å². The quantitative estimate of drug-likeness (QED) is 0.526. The summed E-state index contributed by atoms with van der Waals surface area (Å²) in [5.74, 6) is 4.03. The third-order valence-electron chi connectivity index (χ3n) is 3.61. The van der Waals surface area contributed by atoms with Gasteiger partial charge in [0.15, 0.2) is 0 Å². The van der Waals surface area contributed by atoms with Crippen molar-refractivity contribution in [2.24, 2.45) is 0 Å². The molecule has 5 heteroatoms. The monoisotopic (exact) mass is 326 g/mol. The molecule has 3 nitrogen and oxygen atoms in total. The molecule has 1 aromatic carbocycles. The number of rotatable bonds is 7. The molecule has 0 amide bonds. The van der Waals surface area contributed by atoms with Crippen molar-refractivity contribution in [1.29, 1.82) is 0 Å². The molecule has 2 aromatic rings. The van der Waals surface area contributed by atoms with Gasteiger partial charge in [-0.1, -0.05) is 13.0 Å². The van der Waals surface area contributed by atoms with Crippen molar-refractivity contribution in [2.75, 3.05) is 18.6 Å². The molecule has 2 atom stereocenters. The SMILES string of the molecule is CCSCCC(C)n1c(C(C)Cl)nc2c(OC)cccc21. The van der Waals surface area contributed by atoms with Gasteiger partial charge in [-0.05, 0) is 43.9 Å². The zero-order valence-corrected chi connectivity index (χ0v) is 14.7. The van der Waals surface area contributed by atoms with Gasteiger partial charge in [0, 0.05) is 6.04 Å². The zero-order chi connectivity index (χ0) is 15.4. The molecular weight excluding hydrogens is 304 g/mol. The van der Waals surface area contributed by atoms with Gasteiger partial charge in [0.1, 0.15) is 17.1 Å². The van der Waals surface area contributed by atoms with Crippen LogP contribution in [-0.2, 0) is 0 Å². The van der Waals surface area contributed by atoms with Gasteiger partial charge in [0.25, 0.3) is 0 Å². The molecule has 0 N–H and O–H groups in total. The van der Waals surface area contributed by atoms with Crippen LogP contribution >= 0.6 is 23.4 Å². The number of para-hydroxylation sites is 1. The van der Waals surface area contributed by atoms with Crippen LogP contribution in [0.1, 0.15) is 44.4 Å². The Morgan fingerprint density at radius 3 is 2.76 bits per heavy atom. The molecule has 0 spiro atoms. The van der Waals surface area contributed by atoms with Crippen molar-refractivity contribution in [3.8, 4) is 5.75 Å². The Bertz CT molecular complexity index is 597. The van der Waals surface area contributed by atoms with E-state index in [1.807, 2.05) is 30.8 Å². The molecule has 0 radical (unpaired) electrons. The summed E-state index contributed by atoms with van der Waals surface area (Å²) >= 11 is 8.32. The second-order valence-corrected chi connectivity index (χ2v) is 7.17. The number of alkyl halides is 1. The molecule has 0 aliphatic carbocycles. The Hall–Kier alpha value is -0.870. The summed E-state index contributed by atoms with van der Waals surface area (Å²) in [5.41, 5.74) is 2.00. The van der Waals surface area contributed by atoms with Crippen molar-refractivity contribution >= 4 is 34.4 Å². The van der Waals surface area contributed by atoms with E-state index in [1.165, 1.54) is 0 Å². The van der Waals surface area contributed by atoms with Crippen LogP contribution in [0.15, 0.2) is 18.2 Å². The predicted octanol–water partition coefficient (Wildman–Crippen LogP) is 5.05. The van der Waals surface area contributed by atoms with E-state index in [1.54, 1.807) is 7.11 Å². The lowest BCUT2D eigenvalue weighted by atomic mass is 10.2. The fourth-order valence-electron chi connectivity index (χ4n) is 2.55. The van der Waals surface area contributed by atoms with Gasteiger partial charge in [-0.3, -0.25) is 0 Å². The van der Waals surface area contributed by atoms with Crippen LogP contribution < -0.4 is 4.74 Å². The maximum atomic E-state index is 6.35. The van der Waals surface area contributed by atoms with Gasteiger partial charge < -0.3 is 9.30 Å². The fourth-order valence-corrected chi connectivity index (χ4v) is 3.50. The highest BCUT2D eigenvalue weighted by molar-refractivity contribution is 7.99. The Labute approximate surface area is 136 Å². The van der Waals surface area contributed by atoms with Crippen LogP contribution in [0.2, 0.25) is 0 Å². The first kappa shape index (κ1) is 16.5. The second kappa shape index (κ2) is 7.41. The van der Waals surface area contributed by atoms with Gasteiger partial charge in [0.2, 0.25) is 0 Å². The minimum absolute atomic E-state index is 0.122. The number of hydrogen-bond acceptors (Lipinski definition) is 3. The number of methoxy groups -OCH3 is 1. The van der Waals surface area contributed by atoms with Crippen molar-refractivity contribution < 1.29 is 4.74 Å². The Kier molecular flexibility index (Phi) is 5.82. The van der Waals surface area contributed by atoms with E-state index in [0.717, 1.165) is 40.5 Å². The molecule has 0 aliphatic heterocycles. The lowest BCUT2D eigenvalue weighted by Gasteiger charge is -2.18. The molecule has 0 bridgehead atoms. The van der Waals surface area contributed by atoms with Crippen molar-refractivity contribution in [2.45, 2.75) is 38.6 Å². The van der Waals surface area contributed by atoms with E-state index < -0.39 is 0 Å². The lowest BCUT2D eigenvalue weighted by molar-refractivity contribution is 0.419. The molecule has 21 heavy (non-hydrogen) atoms. The number of thioether (sulfide) groups is 1. The van der Waals surface area contributed by atoms with Crippen LogP contribution in [0, 0.1) is 0 Å². The average Bonchev–Trinajstić information content (AvgIpc) is 2.87. The number of imidazole rings is 1. The summed E-state index contributed by atoms with van der Waals surface area (Å²) in [4.78, 5) is 4.73. The fraction of sp³-hybridized carbons (Fsp3) is 0.562. The van der Waals surface area contributed by atoms with E-state index in [4.69, 9.17) is 21.3 Å². The topological polar surface area (TPSA) is 27.1 Å². The van der Waals surface area contributed by atoms with Crippen molar-refractivity contribution in [1.82, 2.24) is 9.55 Å². The van der Waals surface area contributed by atoms with Crippen LogP contribution in [-0.4, -0.2) is 28.2 Å². The molecule has 116 valence electrons. The Balaban J connectivity index is 2.46. The molecule has 1 heterocycles. The molecule has 0 saturated carbocycles. The summed E-state index contributed by atoms with van der Waals surface area (Å²) in [6.45, 7) is 6.40. The third-order valence-corrected chi connectivity index (χ3v) is 4.74. The van der Waals surface area contributed by atoms with Crippen LogP contribution in [0.25, 0.3) is 11.0 Å². The summed E-state index contributed by atoms with van der Waals surface area (Å²) < 4.78 is 7.70. The maximum absolute atomic E-state index is 6.35. The van der Waals surface area contributed by atoms with E-state index in [-0.39, 0.29) is 5.38 Å². The standard InChI is InChI=1S/C16H23ClN2OS/c1-5-21-10-9-11(2)19-13-7-6-8-14(20-4)15(13)18-16(19)12(3)17/h6-8,11-12H,5,9-10H2,1-4H3. The highest BCUT2D eigenvalue weighted by atomic mass is 35.5. The van der Waals surface area contributed by atoms with Gasteiger partial charge >= 0.3 is 0 Å². The number of ether oxygens (including phenoxy) is 1. The summed E-state index contributed by atoms with van der Waals surface area (Å²) in [6.07, 6.45) is 1.11. The number of fused-ring (bicyclic) bond motifs is 1. The minimum atomic E-state index is -0.122. The summed E-state index contributed by atoms with van der Waals surface area (Å²) in [7, 11) is 1.68. The summed E-state index contributed by atoms with van der Waals surface area (Å²) in [6, 6.07) is 6.42. The molecule has 0 fully saturated rings. The normalized spacial score (nSPS) is 14.3. The predicted molar refractivity (Wildman–Crippen MR) is 92.9 cm³/mol. The van der Waals surface area contributed by atoms with Gasteiger partial charge in [-0.25, -0.2) is 4.98 Å². The lowest BCUT2D eigenvalue weighted by Crippen LogP contribution is -2.11. The first-order chi connectivity index (χ1) is 10.1. The average molecular weight is 327 g/mol. The number of aromatic nitrogens is 2. The Morgan fingerprint density at radius 1 is 1.38 bits per heavy atom. The molecule has 1 aromatic heterocycles.